The van der Waals surface area contributed by atoms with E-state index in [-0.39, 0.29) is 0 Å². The number of amidine groups is 1. The van der Waals surface area contributed by atoms with Gasteiger partial charge in [0.25, 0.3) is 0 Å². The average molecular weight is 788 g/mol. The number of aliphatic imine (C=N–C) groups is 2. The number of rotatable bonds is 5. The highest BCUT2D eigenvalue weighted by molar-refractivity contribution is 7.25. The minimum atomic E-state index is 0.720. The lowest BCUT2D eigenvalue weighted by molar-refractivity contribution is 0.669. The van der Waals surface area contributed by atoms with Crippen molar-refractivity contribution in [3.63, 3.8) is 0 Å². The summed E-state index contributed by atoms with van der Waals surface area (Å²) in [5.41, 5.74) is 12.9. The van der Waals surface area contributed by atoms with Crippen LogP contribution in [0.25, 0.3) is 86.4 Å². The third-order valence-electron chi connectivity index (χ3n) is 12.0. The van der Waals surface area contributed by atoms with E-state index < -0.39 is 0 Å². The number of aromatic nitrogens is 1. The number of para-hydroxylation sites is 3. The molecule has 0 bridgehead atoms. The van der Waals surface area contributed by atoms with E-state index in [0.717, 1.165) is 80.8 Å². The molecular formula is C55H37N3OS. The lowest BCUT2D eigenvalue weighted by Gasteiger charge is -2.11. The van der Waals surface area contributed by atoms with Crippen molar-refractivity contribution in [2.24, 2.45) is 9.98 Å². The number of fused-ring (bicyclic) bond motifs is 9. The Hall–Kier alpha value is -7.34. The Morgan fingerprint density at radius 1 is 0.483 bits per heavy atom. The average Bonchev–Trinajstić information content (AvgIpc) is 4.00. The first-order chi connectivity index (χ1) is 29.7. The summed E-state index contributed by atoms with van der Waals surface area (Å²) in [5.74, 6) is 0.720. The third-order valence-corrected chi connectivity index (χ3v) is 13.1. The Kier molecular flexibility index (Phi) is 8.20. The van der Waals surface area contributed by atoms with Crippen molar-refractivity contribution >= 4 is 92.5 Å². The minimum absolute atomic E-state index is 0.720. The van der Waals surface area contributed by atoms with Crippen LogP contribution in [0.4, 0.5) is 0 Å². The molecule has 0 atom stereocenters. The fourth-order valence-electron chi connectivity index (χ4n) is 9.20. The van der Waals surface area contributed by atoms with Gasteiger partial charge in [-0.3, -0.25) is 0 Å². The third kappa shape index (κ3) is 5.73. The van der Waals surface area contributed by atoms with Crippen LogP contribution in [-0.2, 0) is 0 Å². The highest BCUT2D eigenvalue weighted by atomic mass is 32.1. The molecule has 3 aromatic heterocycles. The van der Waals surface area contributed by atoms with Crippen molar-refractivity contribution in [1.29, 1.82) is 0 Å². The van der Waals surface area contributed by atoms with Gasteiger partial charge in [-0.25, -0.2) is 9.98 Å². The summed E-state index contributed by atoms with van der Waals surface area (Å²) in [5, 5.41) is 7.06. The van der Waals surface area contributed by atoms with Gasteiger partial charge in [0, 0.05) is 58.5 Å². The first kappa shape index (κ1) is 34.7. The van der Waals surface area contributed by atoms with Gasteiger partial charge in [-0.2, -0.15) is 0 Å². The molecular weight excluding hydrogens is 751 g/mol. The lowest BCUT2D eigenvalue weighted by Crippen LogP contribution is -2.07. The topological polar surface area (TPSA) is 42.8 Å². The molecule has 0 aliphatic carbocycles. The summed E-state index contributed by atoms with van der Waals surface area (Å²) in [7, 11) is 0. The zero-order chi connectivity index (χ0) is 39.6. The summed E-state index contributed by atoms with van der Waals surface area (Å²) in [6.45, 7) is 0. The molecule has 12 rings (SSSR count). The van der Waals surface area contributed by atoms with E-state index in [1.165, 1.54) is 53.1 Å². The van der Waals surface area contributed by atoms with Crippen molar-refractivity contribution in [3.05, 3.63) is 205 Å². The highest BCUT2D eigenvalue weighted by Crippen LogP contribution is 2.42. The molecule has 0 fully saturated rings. The Labute approximate surface area is 350 Å². The quantitative estimate of drug-likeness (QED) is 0.171. The summed E-state index contributed by atoms with van der Waals surface area (Å²) in [6, 6.07) is 65.0. The standard InChI is InChI=1S/C55H37N3OS/c1-3-15-35(16-4-1)45-23-9-10-24-46(40-21-13-27-50-53(40)41-20-8-12-26-49(41)59-50)57-55(56-45)42-22-14-28-52-54(42)44-34-37(30-32-51(44)60-52)36-29-31-48-43(33-36)39-19-7-11-25-47(39)58(48)38-17-5-2-6-18-38/h1-8,11-22,24-34H,9-10,23H2. The Bertz CT molecular complexity index is 3570. The molecule has 11 aromatic rings. The predicted octanol–water partition coefficient (Wildman–Crippen LogP) is 15.2. The monoisotopic (exact) mass is 787 g/mol. The first-order valence-electron chi connectivity index (χ1n) is 20.6. The molecule has 284 valence electrons. The molecule has 1 aliphatic rings. The van der Waals surface area contributed by atoms with Gasteiger partial charge in [0.15, 0.2) is 5.84 Å². The maximum absolute atomic E-state index is 6.36. The number of thiophene rings is 1. The second kappa shape index (κ2) is 14.2. The summed E-state index contributed by atoms with van der Waals surface area (Å²) in [4.78, 5) is 11.2. The van der Waals surface area contributed by atoms with E-state index in [0.29, 0.717) is 0 Å². The molecule has 0 amide bonds. The van der Waals surface area contributed by atoms with Gasteiger partial charge < -0.3 is 8.98 Å². The van der Waals surface area contributed by atoms with E-state index in [1.807, 2.05) is 23.5 Å². The van der Waals surface area contributed by atoms with Crippen LogP contribution in [0.2, 0.25) is 0 Å². The van der Waals surface area contributed by atoms with Crippen molar-refractivity contribution < 1.29 is 4.42 Å². The molecule has 4 heterocycles. The molecule has 0 radical (unpaired) electrons. The molecule has 0 saturated carbocycles. The SMILES string of the molecule is C1=C(c2cccc3oc4ccccc4c23)N=C(c2cccc3sc4ccc(-c5ccc6c(c5)c5ccccc5n6-c5ccccc5)cc4c23)N=C(c2ccccc2)CCC1. The second-order valence-corrected chi connectivity index (χ2v) is 16.6. The van der Waals surface area contributed by atoms with E-state index in [2.05, 4.69) is 181 Å². The van der Waals surface area contributed by atoms with Crippen molar-refractivity contribution in [3.8, 4) is 16.8 Å². The Balaban J connectivity index is 1.06. The molecule has 0 N–H and O–H groups in total. The van der Waals surface area contributed by atoms with Gasteiger partial charge in [-0.15, -0.1) is 11.3 Å². The molecule has 5 heteroatoms. The summed E-state index contributed by atoms with van der Waals surface area (Å²) in [6.07, 6.45) is 4.99. The molecule has 4 nitrogen and oxygen atoms in total. The van der Waals surface area contributed by atoms with E-state index in [9.17, 15) is 0 Å². The van der Waals surface area contributed by atoms with Crippen LogP contribution in [-0.4, -0.2) is 16.1 Å². The highest BCUT2D eigenvalue weighted by Gasteiger charge is 2.20. The van der Waals surface area contributed by atoms with Crippen molar-refractivity contribution in [2.45, 2.75) is 19.3 Å². The molecule has 60 heavy (non-hydrogen) atoms. The molecule has 1 aliphatic heterocycles. The van der Waals surface area contributed by atoms with E-state index >= 15 is 0 Å². The summed E-state index contributed by atoms with van der Waals surface area (Å²) < 4.78 is 11.2. The second-order valence-electron chi connectivity index (χ2n) is 15.5. The van der Waals surface area contributed by atoms with Crippen LogP contribution in [0.5, 0.6) is 0 Å². The lowest BCUT2D eigenvalue weighted by atomic mass is 9.99. The Morgan fingerprint density at radius 3 is 2.07 bits per heavy atom. The number of hydrogen-bond donors (Lipinski definition) is 0. The van der Waals surface area contributed by atoms with Crippen LogP contribution in [0.1, 0.15) is 36.0 Å². The molecule has 0 saturated heterocycles. The number of nitrogens with zero attached hydrogens (tertiary/aromatic N) is 3. The van der Waals surface area contributed by atoms with Crippen molar-refractivity contribution in [2.75, 3.05) is 0 Å². The smallest absolute Gasteiger partial charge is 0.160 e. The fraction of sp³-hybridized carbons (Fsp3) is 0.0545. The number of allylic oxidation sites excluding steroid dienone is 1. The molecule has 8 aromatic carbocycles. The first-order valence-corrected chi connectivity index (χ1v) is 21.4. The van der Waals surface area contributed by atoms with Crippen LogP contribution in [0.3, 0.4) is 0 Å². The Morgan fingerprint density at radius 2 is 1.18 bits per heavy atom. The number of hydrogen-bond acceptors (Lipinski definition) is 4. The van der Waals surface area contributed by atoms with E-state index in [4.69, 9.17) is 14.4 Å². The van der Waals surface area contributed by atoms with E-state index in [1.54, 1.807) is 0 Å². The predicted molar refractivity (Wildman–Crippen MR) is 254 cm³/mol. The number of furan rings is 1. The van der Waals surface area contributed by atoms with Gasteiger partial charge in [-0.1, -0.05) is 127 Å². The zero-order valence-corrected chi connectivity index (χ0v) is 33.5. The van der Waals surface area contributed by atoms with Gasteiger partial charge in [0.05, 0.1) is 22.4 Å². The van der Waals surface area contributed by atoms with Gasteiger partial charge in [0.1, 0.15) is 11.2 Å². The maximum atomic E-state index is 6.36. The summed E-state index contributed by atoms with van der Waals surface area (Å²) >= 11 is 1.83. The van der Waals surface area contributed by atoms with Crippen LogP contribution in [0.15, 0.2) is 202 Å². The van der Waals surface area contributed by atoms with Gasteiger partial charge in [-0.05, 0) is 96.6 Å². The maximum Gasteiger partial charge on any atom is 0.160 e. The fourth-order valence-corrected chi connectivity index (χ4v) is 10.3. The van der Waals surface area contributed by atoms with Crippen LogP contribution < -0.4 is 0 Å². The minimum Gasteiger partial charge on any atom is -0.456 e. The van der Waals surface area contributed by atoms with Crippen molar-refractivity contribution in [1.82, 2.24) is 4.57 Å². The molecule has 0 spiro atoms. The van der Waals surface area contributed by atoms with Crippen LogP contribution >= 0.6 is 11.3 Å². The van der Waals surface area contributed by atoms with Crippen LogP contribution in [0, 0.1) is 0 Å². The largest absolute Gasteiger partial charge is 0.456 e. The normalized spacial score (nSPS) is 13.8. The van der Waals surface area contributed by atoms with Gasteiger partial charge in [0.2, 0.25) is 0 Å². The number of benzene rings is 8. The zero-order valence-electron chi connectivity index (χ0n) is 32.7. The van der Waals surface area contributed by atoms with Gasteiger partial charge >= 0.3 is 0 Å². The molecule has 0 unspecified atom stereocenters.